The summed E-state index contributed by atoms with van der Waals surface area (Å²) >= 11 is 0. The fourth-order valence-electron chi connectivity index (χ4n) is 1.68. The Labute approximate surface area is 114 Å². The van der Waals surface area contributed by atoms with Gasteiger partial charge in [-0.25, -0.2) is 8.42 Å². The maximum Gasteiger partial charge on any atom is 0.243 e. The molecule has 4 nitrogen and oxygen atoms in total. The number of rotatable bonds is 6. The lowest BCUT2D eigenvalue weighted by Gasteiger charge is -2.20. The predicted molar refractivity (Wildman–Crippen MR) is 75.7 cm³/mol. The maximum atomic E-state index is 12.4. The van der Waals surface area contributed by atoms with Crippen molar-refractivity contribution in [2.24, 2.45) is 0 Å². The number of carbonyl (C=O) groups excluding carboxylic acids is 1. The van der Waals surface area contributed by atoms with E-state index in [2.05, 4.69) is 6.58 Å². The van der Waals surface area contributed by atoms with Gasteiger partial charge in [-0.15, -0.1) is 0 Å². The van der Waals surface area contributed by atoms with Gasteiger partial charge in [0.25, 0.3) is 0 Å². The highest BCUT2D eigenvalue weighted by atomic mass is 32.2. The number of sulfonamides is 1. The highest BCUT2D eigenvalue weighted by molar-refractivity contribution is 7.89. The smallest absolute Gasteiger partial charge is 0.243 e. The Hall–Kier alpha value is -1.46. The molecule has 0 aromatic heterocycles. The van der Waals surface area contributed by atoms with Gasteiger partial charge >= 0.3 is 0 Å². The van der Waals surface area contributed by atoms with Crippen molar-refractivity contribution < 1.29 is 13.2 Å². The summed E-state index contributed by atoms with van der Waals surface area (Å²) in [7, 11) is -3.53. The third-order valence-corrected chi connectivity index (χ3v) is 4.63. The number of hydrogen-bond acceptors (Lipinski definition) is 3. The minimum absolute atomic E-state index is 0.0850. The van der Waals surface area contributed by atoms with E-state index >= 15 is 0 Å². The molecule has 0 heterocycles. The van der Waals surface area contributed by atoms with E-state index in [1.807, 2.05) is 0 Å². The molecule has 0 radical (unpaired) electrons. The van der Waals surface area contributed by atoms with Crippen molar-refractivity contribution in [3.8, 4) is 0 Å². The van der Waals surface area contributed by atoms with Gasteiger partial charge in [0, 0.05) is 18.7 Å². The number of benzene rings is 1. The fraction of sp³-hybridized carbons (Fsp3) is 0.357. The summed E-state index contributed by atoms with van der Waals surface area (Å²) < 4.78 is 26.1. The van der Waals surface area contributed by atoms with Gasteiger partial charge in [0.15, 0.2) is 5.78 Å². The van der Waals surface area contributed by atoms with Gasteiger partial charge in [-0.2, -0.15) is 4.31 Å². The fourth-order valence-corrected chi connectivity index (χ4v) is 3.19. The van der Waals surface area contributed by atoms with Gasteiger partial charge in [-0.3, -0.25) is 4.79 Å². The Kier molecular flexibility index (Phi) is 5.03. The Balaban J connectivity index is 3.11. The van der Waals surface area contributed by atoms with Crippen LogP contribution in [0, 0.1) is 0 Å². The molecule has 1 rings (SSSR count). The molecule has 0 fully saturated rings. The first-order valence-corrected chi connectivity index (χ1v) is 7.48. The van der Waals surface area contributed by atoms with E-state index in [0.717, 1.165) is 5.57 Å². The standard InChI is InChI=1S/C14H19NO3S/c1-5-15(10-11(2)3)19(17,18)14-8-6-13(7-9-14)12(4)16/h6-9H,2,5,10H2,1,3-4H3. The Bertz CT molecular complexity index is 573. The number of hydrogen-bond donors (Lipinski definition) is 0. The minimum Gasteiger partial charge on any atom is -0.295 e. The third kappa shape index (κ3) is 3.75. The van der Waals surface area contributed by atoms with E-state index in [1.54, 1.807) is 13.8 Å². The van der Waals surface area contributed by atoms with Crippen LogP contribution in [-0.4, -0.2) is 31.6 Å². The molecule has 1 aromatic carbocycles. The molecule has 0 aliphatic rings. The van der Waals surface area contributed by atoms with Crippen LogP contribution in [-0.2, 0) is 10.0 Å². The normalized spacial score (nSPS) is 11.6. The zero-order valence-electron chi connectivity index (χ0n) is 11.5. The van der Waals surface area contributed by atoms with Crippen LogP contribution in [0.1, 0.15) is 31.1 Å². The number of ketones is 1. The topological polar surface area (TPSA) is 54.5 Å². The van der Waals surface area contributed by atoms with Crippen LogP contribution in [0.3, 0.4) is 0 Å². The van der Waals surface area contributed by atoms with E-state index in [-0.39, 0.29) is 10.7 Å². The monoisotopic (exact) mass is 281 g/mol. The first-order valence-electron chi connectivity index (χ1n) is 6.04. The molecule has 1 aromatic rings. The largest absolute Gasteiger partial charge is 0.295 e. The van der Waals surface area contributed by atoms with Crippen molar-refractivity contribution in [2.75, 3.05) is 13.1 Å². The van der Waals surface area contributed by atoms with Gasteiger partial charge in [0.05, 0.1) is 4.90 Å². The maximum absolute atomic E-state index is 12.4. The van der Waals surface area contributed by atoms with E-state index in [1.165, 1.54) is 35.5 Å². The van der Waals surface area contributed by atoms with E-state index in [0.29, 0.717) is 18.7 Å². The van der Waals surface area contributed by atoms with Gasteiger partial charge in [0.1, 0.15) is 0 Å². The van der Waals surface area contributed by atoms with Gasteiger partial charge in [0.2, 0.25) is 10.0 Å². The number of likely N-dealkylation sites (N-methyl/N-ethyl adjacent to an activating group) is 1. The summed E-state index contributed by atoms with van der Waals surface area (Å²) in [6.07, 6.45) is 0. The predicted octanol–water partition coefficient (Wildman–Crippen LogP) is 2.48. The average Bonchev–Trinajstić information content (AvgIpc) is 2.35. The van der Waals surface area contributed by atoms with Gasteiger partial charge in [-0.1, -0.05) is 31.2 Å². The number of Topliss-reactive ketones (excluding diaryl/α,β-unsaturated/α-hetero) is 1. The summed E-state index contributed by atoms with van der Waals surface area (Å²) in [4.78, 5) is 11.4. The number of carbonyl (C=O) groups is 1. The van der Waals surface area contributed by atoms with Crippen molar-refractivity contribution in [1.82, 2.24) is 4.31 Å². The lowest BCUT2D eigenvalue weighted by atomic mass is 10.2. The van der Waals surface area contributed by atoms with Crippen molar-refractivity contribution >= 4 is 15.8 Å². The first-order chi connectivity index (χ1) is 8.78. The lowest BCUT2D eigenvalue weighted by Crippen LogP contribution is -2.32. The Morgan fingerprint density at radius 1 is 1.21 bits per heavy atom. The minimum atomic E-state index is -3.53. The summed E-state index contributed by atoms with van der Waals surface area (Å²) in [6, 6.07) is 5.99. The molecule has 104 valence electrons. The molecule has 0 aliphatic carbocycles. The summed E-state index contributed by atoms with van der Waals surface area (Å²) in [5, 5.41) is 0. The molecule has 0 bridgehead atoms. The molecule has 0 unspecified atom stereocenters. The molecule has 19 heavy (non-hydrogen) atoms. The Morgan fingerprint density at radius 2 is 1.74 bits per heavy atom. The highest BCUT2D eigenvalue weighted by Gasteiger charge is 2.22. The summed E-state index contributed by atoms with van der Waals surface area (Å²) in [5.74, 6) is -0.0850. The van der Waals surface area contributed by atoms with Crippen molar-refractivity contribution in [1.29, 1.82) is 0 Å². The zero-order valence-corrected chi connectivity index (χ0v) is 12.3. The van der Waals surface area contributed by atoms with Crippen molar-refractivity contribution in [3.05, 3.63) is 42.0 Å². The quantitative estimate of drug-likeness (QED) is 0.594. The Morgan fingerprint density at radius 3 is 2.11 bits per heavy atom. The molecule has 5 heteroatoms. The van der Waals surface area contributed by atoms with Crippen molar-refractivity contribution in [2.45, 2.75) is 25.7 Å². The van der Waals surface area contributed by atoms with Crippen LogP contribution >= 0.6 is 0 Å². The van der Waals surface area contributed by atoms with Crippen molar-refractivity contribution in [3.63, 3.8) is 0 Å². The summed E-state index contributed by atoms with van der Waals surface area (Å²) in [5.41, 5.74) is 1.28. The van der Waals surface area contributed by atoms with Gasteiger partial charge < -0.3 is 0 Å². The third-order valence-electron chi connectivity index (χ3n) is 2.70. The first kappa shape index (κ1) is 15.6. The molecule has 0 aliphatic heterocycles. The molecule has 0 N–H and O–H groups in total. The second-order valence-corrected chi connectivity index (χ2v) is 6.41. The molecule has 0 saturated heterocycles. The SMILES string of the molecule is C=C(C)CN(CC)S(=O)(=O)c1ccc(C(C)=O)cc1. The second kappa shape index (κ2) is 6.12. The average molecular weight is 281 g/mol. The second-order valence-electron chi connectivity index (χ2n) is 4.47. The number of nitrogens with zero attached hydrogens (tertiary/aromatic N) is 1. The van der Waals surface area contributed by atoms with E-state index in [4.69, 9.17) is 0 Å². The lowest BCUT2D eigenvalue weighted by molar-refractivity contribution is 0.101. The van der Waals surface area contributed by atoms with Crippen LogP contribution < -0.4 is 0 Å². The zero-order chi connectivity index (χ0) is 14.6. The van der Waals surface area contributed by atoms with Crippen LogP contribution in [0.5, 0.6) is 0 Å². The van der Waals surface area contributed by atoms with Crippen LogP contribution in [0.25, 0.3) is 0 Å². The summed E-state index contributed by atoms with van der Waals surface area (Å²) in [6.45, 7) is 9.43. The molecule has 0 amide bonds. The molecule has 0 atom stereocenters. The van der Waals surface area contributed by atoms with Gasteiger partial charge in [-0.05, 0) is 26.0 Å². The van der Waals surface area contributed by atoms with E-state index < -0.39 is 10.0 Å². The highest BCUT2D eigenvalue weighted by Crippen LogP contribution is 2.17. The molecule has 0 saturated carbocycles. The van der Waals surface area contributed by atoms with Crippen LogP contribution in [0.4, 0.5) is 0 Å². The van der Waals surface area contributed by atoms with Crippen LogP contribution in [0.15, 0.2) is 41.3 Å². The van der Waals surface area contributed by atoms with E-state index in [9.17, 15) is 13.2 Å². The molecular weight excluding hydrogens is 262 g/mol. The molecule has 0 spiro atoms. The van der Waals surface area contributed by atoms with Crippen LogP contribution in [0.2, 0.25) is 0 Å². The molecular formula is C14H19NO3S.